The van der Waals surface area contributed by atoms with Crippen LogP contribution in [0.2, 0.25) is 0 Å². The van der Waals surface area contributed by atoms with Gasteiger partial charge in [0.1, 0.15) is 23.1 Å². The maximum Gasteiger partial charge on any atom is 0.177 e. The first-order valence-electron chi connectivity index (χ1n) is 7.86. The second-order valence-electron chi connectivity index (χ2n) is 5.61. The summed E-state index contributed by atoms with van der Waals surface area (Å²) in [7, 11) is 3.30. The lowest BCUT2D eigenvalue weighted by Gasteiger charge is -2.09. The quantitative estimate of drug-likeness (QED) is 0.600. The van der Waals surface area contributed by atoms with Gasteiger partial charge >= 0.3 is 0 Å². The summed E-state index contributed by atoms with van der Waals surface area (Å²) in [5.41, 5.74) is 3.44. The molecular weight excluding hydrogens is 318 g/mol. The lowest BCUT2D eigenvalue weighted by atomic mass is 10.1. The van der Waals surface area contributed by atoms with Crippen molar-refractivity contribution >= 4 is 11.2 Å². The average molecular weight is 335 g/mol. The van der Waals surface area contributed by atoms with Crippen LogP contribution < -0.4 is 9.47 Å². The average Bonchev–Trinajstić information content (AvgIpc) is 3.30. The molecule has 0 aliphatic carbocycles. The number of aromatic nitrogens is 3. The van der Waals surface area contributed by atoms with Gasteiger partial charge in [-0.15, -0.1) is 0 Å². The number of nitrogens with one attached hydrogen (secondary N) is 1. The lowest BCUT2D eigenvalue weighted by molar-refractivity contribution is 0.399. The van der Waals surface area contributed by atoms with Gasteiger partial charge in [0.05, 0.1) is 26.0 Å². The van der Waals surface area contributed by atoms with Gasteiger partial charge in [-0.05, 0) is 36.4 Å². The maximum absolute atomic E-state index is 5.43. The molecule has 4 aromatic rings. The van der Waals surface area contributed by atoms with Crippen LogP contribution in [0.1, 0.15) is 11.4 Å². The minimum atomic E-state index is 0.590. The summed E-state index contributed by atoms with van der Waals surface area (Å²) in [4.78, 5) is 12.3. The summed E-state index contributed by atoms with van der Waals surface area (Å²) < 4.78 is 16.2. The molecule has 6 nitrogen and oxygen atoms in total. The van der Waals surface area contributed by atoms with Crippen LogP contribution >= 0.6 is 0 Å². The Hall–Kier alpha value is -3.28. The zero-order valence-corrected chi connectivity index (χ0v) is 13.9. The van der Waals surface area contributed by atoms with Crippen LogP contribution in [-0.4, -0.2) is 29.2 Å². The zero-order chi connectivity index (χ0) is 17.2. The van der Waals surface area contributed by atoms with Crippen LogP contribution in [0.5, 0.6) is 11.5 Å². The second-order valence-corrected chi connectivity index (χ2v) is 5.61. The third kappa shape index (κ3) is 2.94. The van der Waals surface area contributed by atoms with Crippen molar-refractivity contribution in [1.82, 2.24) is 15.0 Å². The molecule has 3 heterocycles. The summed E-state index contributed by atoms with van der Waals surface area (Å²) in [6.45, 7) is 0. The highest BCUT2D eigenvalue weighted by molar-refractivity contribution is 5.76. The number of hydrogen-bond acceptors (Lipinski definition) is 5. The van der Waals surface area contributed by atoms with E-state index in [0.29, 0.717) is 12.1 Å². The normalized spacial score (nSPS) is 11.0. The van der Waals surface area contributed by atoms with Gasteiger partial charge in [0.25, 0.3) is 0 Å². The fourth-order valence-electron chi connectivity index (χ4n) is 2.81. The van der Waals surface area contributed by atoms with Crippen molar-refractivity contribution in [2.75, 3.05) is 14.2 Å². The molecule has 0 fully saturated rings. The number of hydrogen-bond donors (Lipinski definition) is 1. The lowest BCUT2D eigenvalue weighted by Crippen LogP contribution is -1.96. The van der Waals surface area contributed by atoms with E-state index < -0.39 is 0 Å². The number of ether oxygens (including phenoxy) is 2. The Morgan fingerprint density at radius 1 is 1.12 bits per heavy atom. The number of pyridine rings is 1. The SMILES string of the molecule is COc1ccc(OC)c(Cc2nc3ncc(-c4ccco4)cc3[nH]2)c1. The van der Waals surface area contributed by atoms with Crippen molar-refractivity contribution in [2.24, 2.45) is 0 Å². The zero-order valence-electron chi connectivity index (χ0n) is 13.9. The molecule has 0 aliphatic heterocycles. The van der Waals surface area contributed by atoms with E-state index in [0.717, 1.165) is 39.7 Å². The predicted molar refractivity (Wildman–Crippen MR) is 93.9 cm³/mol. The van der Waals surface area contributed by atoms with Crippen molar-refractivity contribution in [1.29, 1.82) is 0 Å². The molecule has 0 aliphatic rings. The van der Waals surface area contributed by atoms with E-state index >= 15 is 0 Å². The predicted octanol–water partition coefficient (Wildman–Crippen LogP) is 3.83. The summed E-state index contributed by atoms with van der Waals surface area (Å²) >= 11 is 0. The van der Waals surface area contributed by atoms with Gasteiger partial charge in [0, 0.05) is 23.7 Å². The van der Waals surface area contributed by atoms with E-state index in [1.165, 1.54) is 0 Å². The van der Waals surface area contributed by atoms with Gasteiger partial charge in [-0.1, -0.05) is 0 Å². The summed E-state index contributed by atoms with van der Waals surface area (Å²) in [6.07, 6.45) is 4.00. The summed E-state index contributed by atoms with van der Waals surface area (Å²) in [5.74, 6) is 3.17. The molecule has 0 saturated carbocycles. The Kier molecular flexibility index (Phi) is 3.85. The molecule has 6 heteroatoms. The molecule has 3 aromatic heterocycles. The first kappa shape index (κ1) is 15.3. The van der Waals surface area contributed by atoms with Gasteiger partial charge in [0.2, 0.25) is 0 Å². The third-order valence-electron chi connectivity index (χ3n) is 4.04. The Morgan fingerprint density at radius 2 is 2.04 bits per heavy atom. The number of methoxy groups -OCH3 is 2. The number of nitrogens with zero attached hydrogens (tertiary/aromatic N) is 2. The van der Waals surface area contributed by atoms with E-state index in [-0.39, 0.29) is 0 Å². The van der Waals surface area contributed by atoms with Gasteiger partial charge in [0.15, 0.2) is 5.65 Å². The first-order valence-corrected chi connectivity index (χ1v) is 7.86. The van der Waals surface area contributed by atoms with E-state index in [1.54, 1.807) is 26.7 Å². The second kappa shape index (κ2) is 6.32. The molecule has 4 rings (SSSR count). The minimum absolute atomic E-state index is 0.590. The molecule has 25 heavy (non-hydrogen) atoms. The molecule has 0 atom stereocenters. The first-order chi connectivity index (χ1) is 12.3. The molecule has 1 N–H and O–H groups in total. The molecule has 0 spiro atoms. The van der Waals surface area contributed by atoms with Crippen molar-refractivity contribution in [3.05, 3.63) is 60.2 Å². The van der Waals surface area contributed by atoms with Crippen LogP contribution in [0.3, 0.4) is 0 Å². The molecule has 0 amide bonds. The van der Waals surface area contributed by atoms with Crippen LogP contribution in [0.15, 0.2) is 53.3 Å². The van der Waals surface area contributed by atoms with Gasteiger partial charge in [-0.2, -0.15) is 0 Å². The van der Waals surface area contributed by atoms with Crippen LogP contribution in [0.4, 0.5) is 0 Å². The van der Waals surface area contributed by atoms with E-state index in [1.807, 2.05) is 36.4 Å². The Balaban J connectivity index is 1.68. The summed E-state index contributed by atoms with van der Waals surface area (Å²) in [6, 6.07) is 11.5. The number of H-pyrrole nitrogens is 1. The van der Waals surface area contributed by atoms with Crippen molar-refractivity contribution in [2.45, 2.75) is 6.42 Å². The maximum atomic E-state index is 5.43. The van der Waals surface area contributed by atoms with Crippen molar-refractivity contribution in [3.63, 3.8) is 0 Å². The van der Waals surface area contributed by atoms with Crippen LogP contribution in [0, 0.1) is 0 Å². The van der Waals surface area contributed by atoms with Crippen molar-refractivity contribution in [3.8, 4) is 22.8 Å². The fraction of sp³-hybridized carbons (Fsp3) is 0.158. The number of imidazole rings is 1. The molecule has 1 aromatic carbocycles. The summed E-state index contributed by atoms with van der Waals surface area (Å²) in [5, 5.41) is 0. The van der Waals surface area contributed by atoms with E-state index in [9.17, 15) is 0 Å². The molecular formula is C19H17N3O3. The highest BCUT2D eigenvalue weighted by atomic mass is 16.5. The van der Waals surface area contributed by atoms with Gasteiger partial charge in [-0.3, -0.25) is 0 Å². The highest BCUT2D eigenvalue weighted by Gasteiger charge is 2.11. The third-order valence-corrected chi connectivity index (χ3v) is 4.04. The fourth-order valence-corrected chi connectivity index (χ4v) is 2.81. The van der Waals surface area contributed by atoms with Gasteiger partial charge < -0.3 is 18.9 Å². The number of aromatic amines is 1. The standard InChI is InChI=1S/C19H17N3O3/c1-23-14-5-6-16(24-2)12(8-14)10-18-21-15-9-13(11-20-19(15)22-18)17-4-3-7-25-17/h3-9,11H,10H2,1-2H3,(H,20,21,22). The topological polar surface area (TPSA) is 73.2 Å². The molecule has 0 saturated heterocycles. The van der Waals surface area contributed by atoms with E-state index in [2.05, 4.69) is 15.0 Å². The molecule has 0 unspecified atom stereocenters. The minimum Gasteiger partial charge on any atom is -0.497 e. The Labute approximate surface area is 144 Å². The number of fused-ring (bicyclic) bond motifs is 1. The molecule has 0 radical (unpaired) electrons. The largest absolute Gasteiger partial charge is 0.497 e. The van der Waals surface area contributed by atoms with Crippen LogP contribution in [-0.2, 0) is 6.42 Å². The monoisotopic (exact) mass is 335 g/mol. The van der Waals surface area contributed by atoms with Crippen molar-refractivity contribution < 1.29 is 13.9 Å². The number of rotatable bonds is 5. The van der Waals surface area contributed by atoms with Gasteiger partial charge in [-0.25, -0.2) is 9.97 Å². The number of benzene rings is 1. The Morgan fingerprint density at radius 3 is 2.80 bits per heavy atom. The highest BCUT2D eigenvalue weighted by Crippen LogP contribution is 2.27. The van der Waals surface area contributed by atoms with E-state index in [4.69, 9.17) is 13.9 Å². The molecule has 0 bridgehead atoms. The number of furan rings is 1. The Bertz CT molecular complexity index is 1010. The smallest absolute Gasteiger partial charge is 0.177 e. The van der Waals surface area contributed by atoms with Crippen LogP contribution in [0.25, 0.3) is 22.5 Å². The molecule has 126 valence electrons.